The molecule has 0 saturated carbocycles. The van der Waals surface area contributed by atoms with E-state index in [-0.39, 0.29) is 0 Å². The number of rotatable bonds is 2. The lowest BCUT2D eigenvalue weighted by Gasteiger charge is -2.00. The topological polar surface area (TPSA) is 58.9 Å². The van der Waals surface area contributed by atoms with Gasteiger partial charge in [0.05, 0.1) is 5.71 Å². The second kappa shape index (κ2) is 4.02. The largest absolute Gasteiger partial charge is 0.478 e. The van der Waals surface area contributed by atoms with Crippen molar-refractivity contribution in [1.82, 2.24) is 0 Å². The van der Waals surface area contributed by atoms with E-state index in [1.807, 2.05) is 24.3 Å². The van der Waals surface area contributed by atoms with Crippen molar-refractivity contribution in [1.29, 1.82) is 0 Å². The molecular formula is C10H8BrNO3. The summed E-state index contributed by atoms with van der Waals surface area (Å²) in [7, 11) is 0. The van der Waals surface area contributed by atoms with Gasteiger partial charge >= 0.3 is 5.97 Å². The van der Waals surface area contributed by atoms with Crippen molar-refractivity contribution >= 4 is 27.6 Å². The van der Waals surface area contributed by atoms with Crippen molar-refractivity contribution in [2.45, 2.75) is 12.5 Å². The molecule has 1 heterocycles. The maximum atomic E-state index is 10.6. The monoisotopic (exact) mass is 269 g/mol. The first-order valence-electron chi connectivity index (χ1n) is 4.38. The van der Waals surface area contributed by atoms with Gasteiger partial charge in [-0.1, -0.05) is 33.2 Å². The molecule has 1 aromatic carbocycles. The molecule has 2 rings (SSSR count). The van der Waals surface area contributed by atoms with Crippen LogP contribution in [0.4, 0.5) is 0 Å². The van der Waals surface area contributed by atoms with Gasteiger partial charge < -0.3 is 9.94 Å². The average Bonchev–Trinajstić information content (AvgIpc) is 2.66. The van der Waals surface area contributed by atoms with E-state index in [4.69, 9.17) is 9.94 Å². The van der Waals surface area contributed by atoms with E-state index in [2.05, 4.69) is 21.1 Å². The molecule has 0 amide bonds. The number of benzene rings is 1. The molecule has 0 spiro atoms. The highest BCUT2D eigenvalue weighted by molar-refractivity contribution is 9.10. The van der Waals surface area contributed by atoms with E-state index in [0.717, 1.165) is 10.0 Å². The molecule has 1 atom stereocenters. The van der Waals surface area contributed by atoms with Crippen molar-refractivity contribution in [3.05, 3.63) is 34.3 Å². The molecule has 4 nitrogen and oxygen atoms in total. The molecule has 0 unspecified atom stereocenters. The van der Waals surface area contributed by atoms with E-state index in [9.17, 15) is 4.79 Å². The summed E-state index contributed by atoms with van der Waals surface area (Å²) in [6.45, 7) is 0. The number of oxime groups is 1. The van der Waals surface area contributed by atoms with Gasteiger partial charge in [0.2, 0.25) is 6.10 Å². The van der Waals surface area contributed by atoms with Crippen LogP contribution in [0.2, 0.25) is 0 Å². The summed E-state index contributed by atoms with van der Waals surface area (Å²) in [5.41, 5.74) is 1.55. The standard InChI is InChI=1S/C10H8BrNO3/c11-7-3-1-2-6(4-7)8-5-9(10(13)14)15-12-8/h1-4,9H,5H2,(H,13,14)/t9-/m0/s1. The van der Waals surface area contributed by atoms with Crippen molar-refractivity contribution in [3.8, 4) is 0 Å². The average molecular weight is 270 g/mol. The minimum absolute atomic E-state index is 0.311. The van der Waals surface area contributed by atoms with E-state index in [0.29, 0.717) is 12.1 Å². The summed E-state index contributed by atoms with van der Waals surface area (Å²) < 4.78 is 0.932. The predicted molar refractivity (Wildman–Crippen MR) is 57.8 cm³/mol. The Morgan fingerprint density at radius 3 is 3.00 bits per heavy atom. The molecule has 0 aliphatic carbocycles. The lowest BCUT2D eigenvalue weighted by atomic mass is 10.1. The predicted octanol–water partition coefficient (Wildman–Crippen LogP) is 2.03. The summed E-state index contributed by atoms with van der Waals surface area (Å²) in [6, 6.07) is 7.52. The number of carboxylic acid groups (broad SMARTS) is 1. The fourth-order valence-electron chi connectivity index (χ4n) is 1.35. The van der Waals surface area contributed by atoms with Crippen LogP contribution in [-0.4, -0.2) is 22.9 Å². The highest BCUT2D eigenvalue weighted by Gasteiger charge is 2.28. The van der Waals surface area contributed by atoms with Gasteiger partial charge in [0.15, 0.2) is 0 Å². The number of carboxylic acids is 1. The van der Waals surface area contributed by atoms with Gasteiger partial charge in [-0.05, 0) is 12.1 Å². The second-order valence-corrected chi connectivity index (χ2v) is 4.10. The van der Waals surface area contributed by atoms with Gasteiger partial charge in [-0.3, -0.25) is 0 Å². The maximum Gasteiger partial charge on any atom is 0.348 e. The molecule has 0 bridgehead atoms. The fraction of sp³-hybridized carbons (Fsp3) is 0.200. The van der Waals surface area contributed by atoms with Crippen LogP contribution in [0.25, 0.3) is 0 Å². The minimum Gasteiger partial charge on any atom is -0.478 e. The molecule has 0 saturated heterocycles. The molecule has 0 radical (unpaired) electrons. The number of hydrogen-bond donors (Lipinski definition) is 1. The third kappa shape index (κ3) is 2.18. The Hall–Kier alpha value is -1.36. The lowest BCUT2D eigenvalue weighted by molar-refractivity contribution is -0.148. The zero-order valence-electron chi connectivity index (χ0n) is 7.68. The van der Waals surface area contributed by atoms with Crippen molar-refractivity contribution in [2.24, 2.45) is 5.16 Å². The third-order valence-corrected chi connectivity index (χ3v) is 2.60. The molecular weight excluding hydrogens is 262 g/mol. The Morgan fingerprint density at radius 2 is 2.40 bits per heavy atom. The Morgan fingerprint density at radius 1 is 1.60 bits per heavy atom. The molecule has 0 fully saturated rings. The Balaban J connectivity index is 2.17. The minimum atomic E-state index is -0.983. The Bertz CT molecular complexity index is 430. The normalized spacial score (nSPS) is 19.5. The first-order valence-corrected chi connectivity index (χ1v) is 5.17. The molecule has 0 aromatic heterocycles. The first kappa shape index (κ1) is 10.2. The van der Waals surface area contributed by atoms with Crippen LogP contribution in [0.3, 0.4) is 0 Å². The van der Waals surface area contributed by atoms with E-state index in [1.54, 1.807) is 0 Å². The second-order valence-electron chi connectivity index (χ2n) is 3.18. The van der Waals surface area contributed by atoms with Crippen LogP contribution >= 0.6 is 15.9 Å². The van der Waals surface area contributed by atoms with E-state index >= 15 is 0 Å². The highest BCUT2D eigenvalue weighted by Crippen LogP contribution is 2.19. The quantitative estimate of drug-likeness (QED) is 0.894. The van der Waals surface area contributed by atoms with Gasteiger partial charge in [-0.15, -0.1) is 0 Å². The van der Waals surface area contributed by atoms with Crippen molar-refractivity contribution in [3.63, 3.8) is 0 Å². The van der Waals surface area contributed by atoms with E-state index in [1.165, 1.54) is 0 Å². The van der Waals surface area contributed by atoms with Gasteiger partial charge in [-0.2, -0.15) is 0 Å². The van der Waals surface area contributed by atoms with E-state index < -0.39 is 12.1 Å². The summed E-state index contributed by atoms with van der Waals surface area (Å²) >= 11 is 3.34. The van der Waals surface area contributed by atoms with Gasteiger partial charge in [0.1, 0.15) is 0 Å². The summed E-state index contributed by atoms with van der Waals surface area (Å²) in [6.07, 6.45) is -0.537. The molecule has 1 aliphatic rings. The number of carbonyl (C=O) groups is 1. The maximum absolute atomic E-state index is 10.6. The van der Waals surface area contributed by atoms with Crippen LogP contribution in [0.5, 0.6) is 0 Å². The molecule has 1 aliphatic heterocycles. The number of halogens is 1. The Kier molecular flexibility index (Phi) is 2.73. The van der Waals surface area contributed by atoms with Crippen molar-refractivity contribution in [2.75, 3.05) is 0 Å². The van der Waals surface area contributed by atoms with Gasteiger partial charge in [-0.25, -0.2) is 4.79 Å². The molecule has 1 aromatic rings. The van der Waals surface area contributed by atoms with Crippen LogP contribution in [0.1, 0.15) is 12.0 Å². The smallest absolute Gasteiger partial charge is 0.348 e. The molecule has 5 heteroatoms. The SMILES string of the molecule is O=C(O)[C@@H]1CC(c2cccc(Br)c2)=NO1. The number of aliphatic carboxylic acids is 1. The van der Waals surface area contributed by atoms with Crippen molar-refractivity contribution < 1.29 is 14.7 Å². The molecule has 78 valence electrons. The zero-order chi connectivity index (χ0) is 10.8. The summed E-state index contributed by atoms with van der Waals surface area (Å²) in [5.74, 6) is -0.983. The summed E-state index contributed by atoms with van der Waals surface area (Å²) in [5, 5.41) is 12.5. The van der Waals surface area contributed by atoms with Crippen LogP contribution in [0.15, 0.2) is 33.9 Å². The van der Waals surface area contributed by atoms with Gasteiger partial charge in [0.25, 0.3) is 0 Å². The highest BCUT2D eigenvalue weighted by atomic mass is 79.9. The third-order valence-electron chi connectivity index (χ3n) is 2.10. The molecule has 15 heavy (non-hydrogen) atoms. The Labute approximate surface area is 94.7 Å². The number of nitrogens with zero attached hydrogens (tertiary/aromatic N) is 1. The van der Waals surface area contributed by atoms with Crippen LogP contribution in [-0.2, 0) is 9.63 Å². The number of hydrogen-bond acceptors (Lipinski definition) is 3. The van der Waals surface area contributed by atoms with Crippen LogP contribution in [0, 0.1) is 0 Å². The fourth-order valence-corrected chi connectivity index (χ4v) is 1.75. The first-order chi connectivity index (χ1) is 7.16. The summed E-state index contributed by atoms with van der Waals surface area (Å²) in [4.78, 5) is 15.4. The zero-order valence-corrected chi connectivity index (χ0v) is 9.27. The van der Waals surface area contributed by atoms with Crippen LogP contribution < -0.4 is 0 Å². The lowest BCUT2D eigenvalue weighted by Crippen LogP contribution is -2.19. The van der Waals surface area contributed by atoms with Gasteiger partial charge in [0, 0.05) is 16.5 Å². The molecule has 1 N–H and O–H groups in total.